The predicted octanol–water partition coefficient (Wildman–Crippen LogP) is 6.58. The average Bonchev–Trinajstić information content (AvgIpc) is 2.64. The van der Waals surface area contributed by atoms with Gasteiger partial charge in [0.1, 0.15) is 0 Å². The summed E-state index contributed by atoms with van der Waals surface area (Å²) in [7, 11) is 0. The number of anilines is 1. The lowest BCUT2D eigenvalue weighted by Crippen LogP contribution is -2.06. The molecule has 2 aromatic carbocycles. The van der Waals surface area contributed by atoms with Crippen molar-refractivity contribution in [1.29, 1.82) is 0 Å². The van der Waals surface area contributed by atoms with E-state index in [9.17, 15) is 4.79 Å². The molecule has 1 amide bonds. The Morgan fingerprint density at radius 3 is 2.40 bits per heavy atom. The van der Waals surface area contributed by atoms with Crippen molar-refractivity contribution in [3.8, 4) is 11.1 Å². The van der Waals surface area contributed by atoms with Crippen LogP contribution in [-0.4, -0.2) is 5.91 Å². The number of carbonyl (C=O) groups is 1. The molecule has 130 valence electrons. The van der Waals surface area contributed by atoms with Crippen LogP contribution in [0.5, 0.6) is 0 Å². The number of carbonyl (C=O) groups excluding carboxylic acids is 1. The van der Waals surface area contributed by atoms with Crippen LogP contribution in [0, 0.1) is 6.92 Å². The molecule has 0 saturated carbocycles. The summed E-state index contributed by atoms with van der Waals surface area (Å²) in [5.41, 5.74) is 4.80. The topological polar surface area (TPSA) is 29.1 Å². The number of rotatable bonds is 5. The van der Waals surface area contributed by atoms with Gasteiger partial charge in [-0.1, -0.05) is 68.9 Å². The van der Waals surface area contributed by atoms with Crippen molar-refractivity contribution in [3.63, 3.8) is 0 Å². The Hall–Kier alpha value is -2.58. The monoisotopic (exact) mass is 353 g/mol. The van der Waals surface area contributed by atoms with Gasteiger partial charge in [-0.15, -0.1) is 0 Å². The van der Waals surface area contributed by atoms with Crippen molar-refractivity contribution in [2.24, 2.45) is 0 Å². The molecule has 25 heavy (non-hydrogen) atoms. The molecule has 3 heteroatoms. The van der Waals surface area contributed by atoms with Crippen LogP contribution in [0.3, 0.4) is 0 Å². The van der Waals surface area contributed by atoms with Crippen LogP contribution in [0.1, 0.15) is 25.0 Å². The smallest absolute Gasteiger partial charge is 0.247 e. The molecular weight excluding hydrogens is 330 g/mol. The van der Waals surface area contributed by atoms with Gasteiger partial charge < -0.3 is 5.32 Å². The Balaban J connectivity index is 0.00000151. The molecule has 0 aromatic heterocycles. The van der Waals surface area contributed by atoms with E-state index in [0.29, 0.717) is 5.03 Å². The van der Waals surface area contributed by atoms with Gasteiger partial charge >= 0.3 is 0 Å². The first-order valence-corrected chi connectivity index (χ1v) is 8.56. The van der Waals surface area contributed by atoms with Crippen LogP contribution in [0.4, 0.5) is 5.69 Å². The largest absolute Gasteiger partial charge is 0.323 e. The normalized spacial score (nSPS) is 10.3. The highest BCUT2D eigenvalue weighted by atomic mass is 35.5. The Bertz CT molecular complexity index is 790. The van der Waals surface area contributed by atoms with Crippen LogP contribution in [-0.2, 0) is 4.79 Å². The molecule has 0 unspecified atom stereocenters. The first kappa shape index (κ1) is 20.5. The zero-order valence-corrected chi connectivity index (χ0v) is 15.7. The van der Waals surface area contributed by atoms with Gasteiger partial charge in [0.05, 0.1) is 0 Å². The Labute approximate surface area is 155 Å². The quantitative estimate of drug-likeness (QED) is 0.477. The van der Waals surface area contributed by atoms with Crippen LogP contribution >= 0.6 is 11.6 Å². The maximum atomic E-state index is 11.4. The number of amides is 1. The van der Waals surface area contributed by atoms with Gasteiger partial charge in [-0.05, 0) is 59.5 Å². The summed E-state index contributed by atoms with van der Waals surface area (Å²) >= 11 is 6.31. The Morgan fingerprint density at radius 2 is 1.76 bits per heavy atom. The first-order valence-electron chi connectivity index (χ1n) is 8.18. The standard InChI is InChI=1S/C20H18ClNO.C2H6/c1-4-7-19(21)18-13-16(11-10-14(18)3)15-8-6-9-17(12-15)22-20(23)5-2;1-2/h4-13H,1-2H2,3H3,(H,22,23);1-2H3/b19-7+;. The fraction of sp³-hybridized carbons (Fsp3) is 0.136. The van der Waals surface area contributed by atoms with Crippen molar-refractivity contribution >= 4 is 28.2 Å². The second-order valence-corrected chi connectivity index (χ2v) is 5.46. The average molecular weight is 354 g/mol. The number of benzene rings is 2. The third-order valence-corrected chi connectivity index (χ3v) is 3.74. The highest BCUT2D eigenvalue weighted by molar-refractivity contribution is 6.49. The Morgan fingerprint density at radius 1 is 1.08 bits per heavy atom. The van der Waals surface area contributed by atoms with Gasteiger partial charge in [0, 0.05) is 10.7 Å². The van der Waals surface area contributed by atoms with Crippen LogP contribution < -0.4 is 5.32 Å². The van der Waals surface area contributed by atoms with Gasteiger partial charge in [0.2, 0.25) is 5.91 Å². The fourth-order valence-corrected chi connectivity index (χ4v) is 2.51. The lowest BCUT2D eigenvalue weighted by atomic mass is 9.99. The van der Waals surface area contributed by atoms with Gasteiger partial charge in [0.25, 0.3) is 0 Å². The zero-order chi connectivity index (χ0) is 18.8. The zero-order valence-electron chi connectivity index (χ0n) is 15.0. The first-order chi connectivity index (χ1) is 12.0. The summed E-state index contributed by atoms with van der Waals surface area (Å²) in [6.07, 6.45) is 4.69. The number of hydrogen-bond acceptors (Lipinski definition) is 1. The van der Waals surface area contributed by atoms with E-state index in [0.717, 1.165) is 27.9 Å². The molecule has 0 saturated heterocycles. The third-order valence-electron chi connectivity index (χ3n) is 3.41. The second-order valence-electron chi connectivity index (χ2n) is 5.05. The van der Waals surface area contributed by atoms with Crippen LogP contribution in [0.25, 0.3) is 16.2 Å². The van der Waals surface area contributed by atoms with E-state index >= 15 is 0 Å². The molecule has 2 rings (SSSR count). The molecule has 2 aromatic rings. The maximum Gasteiger partial charge on any atom is 0.247 e. The highest BCUT2D eigenvalue weighted by Gasteiger charge is 2.06. The summed E-state index contributed by atoms with van der Waals surface area (Å²) in [4.78, 5) is 11.4. The molecule has 0 aliphatic heterocycles. The van der Waals surface area contributed by atoms with Crippen molar-refractivity contribution in [3.05, 3.63) is 85.0 Å². The van der Waals surface area contributed by atoms with Gasteiger partial charge in [0.15, 0.2) is 0 Å². The number of allylic oxidation sites excluding steroid dienone is 2. The molecule has 0 heterocycles. The number of nitrogens with one attached hydrogen (secondary N) is 1. The molecule has 0 fully saturated rings. The molecule has 0 atom stereocenters. The van der Waals surface area contributed by atoms with Gasteiger partial charge in [-0.3, -0.25) is 4.79 Å². The van der Waals surface area contributed by atoms with E-state index in [-0.39, 0.29) is 5.91 Å². The minimum absolute atomic E-state index is 0.233. The van der Waals surface area contributed by atoms with Crippen molar-refractivity contribution < 1.29 is 4.79 Å². The molecule has 2 nitrogen and oxygen atoms in total. The van der Waals surface area contributed by atoms with Crippen LogP contribution in [0.2, 0.25) is 0 Å². The van der Waals surface area contributed by atoms with Crippen molar-refractivity contribution in [1.82, 2.24) is 0 Å². The fourth-order valence-electron chi connectivity index (χ4n) is 2.22. The summed E-state index contributed by atoms with van der Waals surface area (Å²) in [5, 5.41) is 3.41. The van der Waals surface area contributed by atoms with Crippen molar-refractivity contribution in [2.75, 3.05) is 5.32 Å². The second kappa shape index (κ2) is 10.3. The maximum absolute atomic E-state index is 11.4. The summed E-state index contributed by atoms with van der Waals surface area (Å²) < 4.78 is 0. The number of hydrogen-bond donors (Lipinski definition) is 1. The van der Waals surface area contributed by atoms with E-state index in [4.69, 9.17) is 11.6 Å². The number of aryl methyl sites for hydroxylation is 1. The van der Waals surface area contributed by atoms with E-state index in [1.54, 1.807) is 12.2 Å². The molecule has 0 spiro atoms. The van der Waals surface area contributed by atoms with E-state index in [1.165, 1.54) is 6.08 Å². The van der Waals surface area contributed by atoms with Gasteiger partial charge in [-0.25, -0.2) is 0 Å². The molecule has 0 radical (unpaired) electrons. The molecular formula is C22H24ClNO. The molecule has 0 bridgehead atoms. The molecule has 1 N–H and O–H groups in total. The third kappa shape index (κ3) is 5.77. The lowest BCUT2D eigenvalue weighted by Gasteiger charge is -2.10. The van der Waals surface area contributed by atoms with E-state index in [2.05, 4.69) is 18.5 Å². The van der Waals surface area contributed by atoms with E-state index in [1.807, 2.05) is 63.2 Å². The summed E-state index contributed by atoms with van der Waals surface area (Å²) in [6.45, 7) is 13.1. The molecule has 0 aliphatic carbocycles. The van der Waals surface area contributed by atoms with Crippen LogP contribution in [0.15, 0.2) is 73.9 Å². The minimum Gasteiger partial charge on any atom is -0.323 e. The molecule has 0 aliphatic rings. The Kier molecular flexibility index (Phi) is 8.45. The number of halogens is 1. The minimum atomic E-state index is -0.233. The predicted molar refractivity (Wildman–Crippen MR) is 111 cm³/mol. The van der Waals surface area contributed by atoms with E-state index < -0.39 is 0 Å². The lowest BCUT2D eigenvalue weighted by molar-refractivity contribution is -0.111. The SMILES string of the molecule is C=C/C=C(/Cl)c1cc(-c2cccc(NC(=O)C=C)c2)ccc1C.CC. The summed E-state index contributed by atoms with van der Waals surface area (Å²) in [5.74, 6) is -0.233. The summed E-state index contributed by atoms with van der Waals surface area (Å²) in [6, 6.07) is 13.7. The van der Waals surface area contributed by atoms with Gasteiger partial charge in [-0.2, -0.15) is 0 Å². The van der Waals surface area contributed by atoms with Crippen molar-refractivity contribution in [2.45, 2.75) is 20.8 Å². The highest BCUT2D eigenvalue weighted by Crippen LogP contribution is 2.29.